The average Bonchev–Trinajstić information content (AvgIpc) is 1.47. The van der Waals surface area contributed by atoms with Crippen LogP contribution in [0.5, 0.6) is 23.0 Å². The number of hydrogen-bond donors (Lipinski definition) is 8. The Morgan fingerprint density at radius 3 is 1.81 bits per heavy atom. The van der Waals surface area contributed by atoms with Crippen LogP contribution in [0.2, 0.25) is 0 Å². The number of nitrogens with one attached hydrogen (secondary N) is 5. The van der Waals surface area contributed by atoms with E-state index in [2.05, 4.69) is 36.9 Å². The molecule has 9 atom stereocenters. The molecule has 1 aromatic heterocycles. The fraction of sp³-hybridized carbons (Fsp3) is 0.561. The van der Waals surface area contributed by atoms with Gasteiger partial charge in [0.25, 0.3) is 0 Å². The Balaban J connectivity index is 0.993. The number of carbonyl (C=O) groups is 8. The summed E-state index contributed by atoms with van der Waals surface area (Å²) in [5.41, 5.74) is 1.20. The van der Waals surface area contributed by atoms with Crippen molar-refractivity contribution in [1.29, 1.82) is 0 Å². The second kappa shape index (κ2) is 31.6. The van der Waals surface area contributed by atoms with Crippen molar-refractivity contribution < 1.29 is 72.6 Å². The molecule has 28 heteroatoms. The summed E-state index contributed by atoms with van der Waals surface area (Å²) < 4.78 is 25.3. The highest BCUT2D eigenvalue weighted by Gasteiger charge is 2.54. The molecule has 94 heavy (non-hydrogen) atoms. The molecule has 1 fully saturated rings. The molecule has 3 aromatic carbocycles. The molecule has 1 spiro atoms. The van der Waals surface area contributed by atoms with E-state index in [0.717, 1.165) is 4.90 Å². The number of aliphatic hydroxyl groups excluding tert-OH is 1. The van der Waals surface area contributed by atoms with Crippen molar-refractivity contribution in [3.8, 4) is 23.0 Å². The number of ether oxygens (including phenoxy) is 4. The minimum atomic E-state index is -1.66. The minimum absolute atomic E-state index is 0.0511. The van der Waals surface area contributed by atoms with Gasteiger partial charge in [-0.05, 0) is 99.0 Å². The third-order valence-electron chi connectivity index (χ3n) is 17.6. The van der Waals surface area contributed by atoms with E-state index in [1.165, 1.54) is 85.7 Å². The molecule has 0 saturated carbocycles. The van der Waals surface area contributed by atoms with Gasteiger partial charge in [0.05, 0.1) is 50.3 Å². The minimum Gasteiger partial charge on any atom is -0.508 e. The molecule has 3 aliphatic heterocycles. The fourth-order valence-electron chi connectivity index (χ4n) is 11.6. The van der Waals surface area contributed by atoms with Crippen molar-refractivity contribution in [2.24, 2.45) is 23.7 Å². The molecular formula is C66H92N12O15S. The number of phenols is 2. The zero-order valence-electron chi connectivity index (χ0n) is 56.1. The maximum absolute atomic E-state index is 14.9. The first-order chi connectivity index (χ1) is 44.4. The van der Waals surface area contributed by atoms with Gasteiger partial charge >= 0.3 is 5.97 Å². The third-order valence-corrected chi connectivity index (χ3v) is 17.8. The molecule has 4 aromatic rings. The first-order valence-electron chi connectivity index (χ1n) is 31.9. The second-order valence-corrected chi connectivity index (χ2v) is 26.1. The Labute approximate surface area is 553 Å². The molecule has 512 valence electrons. The maximum atomic E-state index is 14.9. The number of aromatic hydroxyl groups is 2. The number of rotatable bonds is 20. The molecule has 1 saturated heterocycles. The van der Waals surface area contributed by atoms with Gasteiger partial charge in [0.2, 0.25) is 41.4 Å². The monoisotopic (exact) mass is 1320 g/mol. The molecule has 8 N–H and O–H groups in total. The van der Waals surface area contributed by atoms with Crippen LogP contribution in [0.25, 0.3) is 0 Å². The van der Waals surface area contributed by atoms with Crippen LogP contribution in [-0.4, -0.2) is 212 Å². The zero-order valence-corrected chi connectivity index (χ0v) is 56.9. The maximum Gasteiger partial charge on any atom is 0.340 e. The predicted octanol–water partition coefficient (Wildman–Crippen LogP) is 3.79. The van der Waals surface area contributed by atoms with Crippen LogP contribution >= 0.6 is 12.2 Å². The largest absolute Gasteiger partial charge is 0.508 e. The lowest BCUT2D eigenvalue weighted by Crippen LogP contribution is -2.63. The number of aliphatic hydroxyl groups is 1. The second-order valence-electron chi connectivity index (χ2n) is 25.7. The first kappa shape index (κ1) is 72.9. The first-order valence-corrected chi connectivity index (χ1v) is 32.3. The molecule has 0 aliphatic carbocycles. The van der Waals surface area contributed by atoms with Crippen molar-refractivity contribution in [2.45, 2.75) is 155 Å². The van der Waals surface area contributed by atoms with Gasteiger partial charge in [-0.1, -0.05) is 73.1 Å². The highest BCUT2D eigenvalue weighted by molar-refractivity contribution is 7.80. The number of esters is 1. The molecule has 27 nitrogen and oxygen atoms in total. The summed E-state index contributed by atoms with van der Waals surface area (Å²) in [7, 11) is 5.68. The van der Waals surface area contributed by atoms with Crippen molar-refractivity contribution in [2.75, 3.05) is 66.5 Å². The number of thiocarbonyl (C=S) groups is 1. The van der Waals surface area contributed by atoms with Crippen LogP contribution in [-0.2, 0) is 66.3 Å². The number of aromatic nitrogens is 3. The highest BCUT2D eigenvalue weighted by atomic mass is 32.1. The van der Waals surface area contributed by atoms with Crippen LogP contribution in [0.1, 0.15) is 121 Å². The molecule has 4 heterocycles. The Bertz CT molecular complexity index is 3380. The fourth-order valence-corrected chi connectivity index (χ4v) is 11.8. The Hall–Kier alpha value is -8.47. The van der Waals surface area contributed by atoms with Crippen molar-refractivity contribution in [1.82, 2.24) is 55.9 Å². The van der Waals surface area contributed by atoms with Gasteiger partial charge in [0.1, 0.15) is 65.3 Å². The average molecular weight is 1330 g/mol. The third kappa shape index (κ3) is 16.7. The molecule has 7 rings (SSSR count). The summed E-state index contributed by atoms with van der Waals surface area (Å²) in [5.74, 6) is -6.34. The molecule has 3 aliphatic rings. The van der Waals surface area contributed by atoms with Crippen molar-refractivity contribution in [3.05, 3.63) is 88.7 Å². The lowest BCUT2D eigenvalue weighted by molar-refractivity contribution is -0.150. The topological polar surface area (TPSA) is 338 Å². The summed E-state index contributed by atoms with van der Waals surface area (Å²) in [5, 5.41) is 55.5. The summed E-state index contributed by atoms with van der Waals surface area (Å²) >= 11 is 5.55. The van der Waals surface area contributed by atoms with E-state index in [0.29, 0.717) is 35.3 Å². The van der Waals surface area contributed by atoms with Crippen LogP contribution in [0.4, 0.5) is 5.69 Å². The lowest BCUT2D eigenvalue weighted by Gasteiger charge is -2.37. The zero-order chi connectivity index (χ0) is 69.2. The standard InChI is InChI=1S/C66H92N12O15S/c1-15-38(8)54-63(88)75(12)40(10)61(86)76(13)50(29-36(4)5)57(82)69-49(28-35(2)3)62(87)74(11)39(9)60(85)77(14)51(58(83)71-55(59(84)70-54)56(81)37(6)7)31-42-34-78(73-72-42)23-25-91-27-26-90-24-22-67-65(94)68-41-16-19-46-45(30-41)64(89)93-66(46)47-20-17-43(79)32-52(47)92-53-33-44(80)18-21-48(53)66/h16-21,30,32-40,49-51,54-56,79-81H,15,22-29,31H2,1-14H3,(H,69,82)(H,70,84)(H,71,83)(H2,67,68,94)/t38-,39-,40-,49-,50-,51+,54+,55+,56+/m0/s1. The highest BCUT2D eigenvalue weighted by Crippen LogP contribution is 2.57. The number of likely N-dealkylation sites (N-methyl/N-ethyl adjacent to an activating group) is 4. The van der Waals surface area contributed by atoms with Crippen LogP contribution in [0, 0.1) is 23.7 Å². The summed E-state index contributed by atoms with van der Waals surface area (Å²) in [4.78, 5) is 120. The van der Waals surface area contributed by atoms with E-state index in [1.807, 2.05) is 34.6 Å². The van der Waals surface area contributed by atoms with Crippen LogP contribution < -0.4 is 31.3 Å². The number of carbonyl (C=O) groups excluding carboxylic acids is 8. The van der Waals surface area contributed by atoms with Gasteiger partial charge in [-0.3, -0.25) is 33.6 Å². The van der Waals surface area contributed by atoms with E-state index >= 15 is 0 Å². The van der Waals surface area contributed by atoms with Gasteiger partial charge in [-0.25, -0.2) is 9.48 Å². The van der Waals surface area contributed by atoms with E-state index in [4.69, 9.17) is 31.2 Å². The summed E-state index contributed by atoms with van der Waals surface area (Å²) in [6.45, 7) is 18.8. The normalized spacial score (nSPS) is 22.3. The van der Waals surface area contributed by atoms with Crippen molar-refractivity contribution in [3.63, 3.8) is 0 Å². The van der Waals surface area contributed by atoms with Crippen molar-refractivity contribution >= 4 is 70.3 Å². The number of anilines is 1. The summed E-state index contributed by atoms with van der Waals surface area (Å²) in [6.07, 6.45) is 0.605. The number of benzene rings is 3. The Morgan fingerprint density at radius 2 is 1.22 bits per heavy atom. The van der Waals surface area contributed by atoms with Gasteiger partial charge < -0.3 is 80.5 Å². The van der Waals surface area contributed by atoms with Gasteiger partial charge in [-0.15, -0.1) is 5.10 Å². The summed E-state index contributed by atoms with van der Waals surface area (Å²) in [6, 6.07) is 5.34. The van der Waals surface area contributed by atoms with E-state index < -0.39 is 113 Å². The van der Waals surface area contributed by atoms with E-state index in [1.54, 1.807) is 57.3 Å². The molecule has 0 bridgehead atoms. The molecule has 0 unspecified atom stereocenters. The van der Waals surface area contributed by atoms with Gasteiger partial charge in [-0.2, -0.15) is 0 Å². The number of nitrogens with zero attached hydrogens (tertiary/aromatic N) is 7. The van der Waals surface area contributed by atoms with Crippen LogP contribution in [0.3, 0.4) is 0 Å². The van der Waals surface area contributed by atoms with E-state index in [9.17, 15) is 53.7 Å². The Kier molecular flexibility index (Phi) is 24.6. The Morgan fingerprint density at radius 1 is 0.670 bits per heavy atom. The number of phenolic OH excluding ortho intramolecular Hbond substituents is 2. The number of amides is 7. The van der Waals surface area contributed by atoms with Gasteiger partial charge in [0, 0.05) is 81.9 Å². The van der Waals surface area contributed by atoms with Gasteiger partial charge in [0.15, 0.2) is 10.7 Å². The quantitative estimate of drug-likeness (QED) is 0.0354. The number of hydrogen-bond acceptors (Lipinski definition) is 18. The lowest BCUT2D eigenvalue weighted by atomic mass is 9.77. The molecule has 0 radical (unpaired) electrons. The smallest absolute Gasteiger partial charge is 0.340 e. The van der Waals surface area contributed by atoms with Crippen LogP contribution in [0.15, 0.2) is 60.8 Å². The van der Waals surface area contributed by atoms with E-state index in [-0.39, 0.29) is 103 Å². The molecular weight excluding hydrogens is 1230 g/mol. The predicted molar refractivity (Wildman–Crippen MR) is 350 cm³/mol. The number of fused-ring (bicyclic) bond motifs is 6. The molecule has 7 amide bonds. The SMILES string of the molecule is CC[C@H](C)[C@H]1NC(=O)[C@@H]([C@H](O)C(C)C)NC(=O)[C@@H](Cc2cn(CCOCCOCCNC(=S)Nc3ccc4c(c3)C(=O)OC43c4ccc(O)cc4Oc4cc(O)ccc43)nn2)N(C)C(=O)[C@H](C)N(C)C(=O)[C@H](CC(C)C)NC(=O)[C@H](CC(C)C)N(C)C(=O)[C@H](C)N(C)C1=O.